The summed E-state index contributed by atoms with van der Waals surface area (Å²) < 4.78 is 1.89. The predicted octanol–water partition coefficient (Wildman–Crippen LogP) is 4.10. The van der Waals surface area contributed by atoms with Crippen LogP contribution in [0.4, 0.5) is 0 Å². The van der Waals surface area contributed by atoms with Crippen molar-refractivity contribution in [2.45, 2.75) is 65.6 Å². The Balaban J connectivity index is 1.65. The standard InChI is InChI=1S/C28H36N6O2/c1-4-9-25(27-30-31-32-34(27)14-12-22-10-6-5-7-11-22)33(13-8-15-35)19-24-18-23-17-20(2)16-21(3)26(23)29-28(24)36/h5-7,10-11,16-18,25,35H,4,8-9,12-15,19H2,1-3H3,(H,29,36)/t25-/m0/s1. The summed E-state index contributed by atoms with van der Waals surface area (Å²) in [5.41, 5.74) is 4.96. The molecule has 8 nitrogen and oxygen atoms in total. The van der Waals surface area contributed by atoms with E-state index in [4.69, 9.17) is 0 Å². The van der Waals surface area contributed by atoms with Crippen LogP contribution in [0.15, 0.2) is 53.3 Å². The van der Waals surface area contributed by atoms with Gasteiger partial charge in [0.15, 0.2) is 5.82 Å². The molecule has 0 aliphatic rings. The molecule has 2 aromatic carbocycles. The van der Waals surface area contributed by atoms with Crippen LogP contribution >= 0.6 is 0 Å². The van der Waals surface area contributed by atoms with Gasteiger partial charge in [-0.2, -0.15) is 0 Å². The second-order valence-corrected chi connectivity index (χ2v) is 9.52. The molecule has 1 atom stereocenters. The van der Waals surface area contributed by atoms with Gasteiger partial charge in [-0.1, -0.05) is 55.3 Å². The summed E-state index contributed by atoms with van der Waals surface area (Å²) in [6.07, 6.45) is 3.23. The van der Waals surface area contributed by atoms with Crippen LogP contribution in [0.25, 0.3) is 10.9 Å². The van der Waals surface area contributed by atoms with Crippen LogP contribution in [0, 0.1) is 13.8 Å². The van der Waals surface area contributed by atoms with Crippen LogP contribution in [0.3, 0.4) is 0 Å². The van der Waals surface area contributed by atoms with Gasteiger partial charge in [0.1, 0.15) is 0 Å². The highest BCUT2D eigenvalue weighted by molar-refractivity contribution is 5.82. The minimum absolute atomic E-state index is 0.0679. The van der Waals surface area contributed by atoms with Gasteiger partial charge >= 0.3 is 0 Å². The minimum Gasteiger partial charge on any atom is -0.396 e. The molecule has 2 aromatic heterocycles. The molecule has 2 N–H and O–H groups in total. The van der Waals surface area contributed by atoms with Crippen LogP contribution in [-0.4, -0.2) is 48.3 Å². The number of aliphatic hydroxyl groups excluding tert-OH is 1. The molecule has 0 bridgehead atoms. The summed E-state index contributed by atoms with van der Waals surface area (Å²) in [4.78, 5) is 18.4. The molecule has 190 valence electrons. The number of hydrogen-bond donors (Lipinski definition) is 2. The lowest BCUT2D eigenvalue weighted by Gasteiger charge is -2.30. The van der Waals surface area contributed by atoms with Crippen molar-refractivity contribution in [2.75, 3.05) is 13.2 Å². The molecule has 0 saturated carbocycles. The van der Waals surface area contributed by atoms with E-state index >= 15 is 0 Å². The molecule has 0 unspecified atom stereocenters. The quantitative estimate of drug-likeness (QED) is 0.311. The summed E-state index contributed by atoms with van der Waals surface area (Å²) in [5.74, 6) is 0.801. The second-order valence-electron chi connectivity index (χ2n) is 9.52. The highest BCUT2D eigenvalue weighted by Crippen LogP contribution is 2.27. The fourth-order valence-electron chi connectivity index (χ4n) is 4.92. The highest BCUT2D eigenvalue weighted by Gasteiger charge is 2.26. The van der Waals surface area contributed by atoms with Gasteiger partial charge in [-0.05, 0) is 72.2 Å². The number of fused-ring (bicyclic) bond motifs is 1. The van der Waals surface area contributed by atoms with Crippen molar-refractivity contribution in [3.05, 3.63) is 87.0 Å². The number of hydrogen-bond acceptors (Lipinski definition) is 6. The number of aromatic nitrogens is 5. The lowest BCUT2D eigenvalue weighted by Crippen LogP contribution is -2.34. The fourth-order valence-corrected chi connectivity index (χ4v) is 4.92. The number of tetrazole rings is 1. The van der Waals surface area contributed by atoms with Gasteiger partial charge in [-0.3, -0.25) is 9.69 Å². The fraction of sp³-hybridized carbons (Fsp3) is 0.429. The monoisotopic (exact) mass is 488 g/mol. The van der Waals surface area contributed by atoms with Gasteiger partial charge in [0.2, 0.25) is 0 Å². The largest absolute Gasteiger partial charge is 0.396 e. The maximum absolute atomic E-state index is 13.1. The summed E-state index contributed by atoms with van der Waals surface area (Å²) >= 11 is 0. The van der Waals surface area contributed by atoms with Crippen molar-refractivity contribution in [1.29, 1.82) is 0 Å². The third-order valence-corrected chi connectivity index (χ3v) is 6.66. The Morgan fingerprint density at radius 1 is 1.14 bits per heavy atom. The Morgan fingerprint density at radius 3 is 2.69 bits per heavy atom. The Kier molecular flexibility index (Phi) is 8.61. The average Bonchev–Trinajstić information content (AvgIpc) is 3.33. The number of benzene rings is 2. The Labute approximate surface area is 212 Å². The molecule has 0 saturated heterocycles. The van der Waals surface area contributed by atoms with Crippen LogP contribution < -0.4 is 5.56 Å². The Morgan fingerprint density at radius 2 is 1.94 bits per heavy atom. The van der Waals surface area contributed by atoms with Crippen molar-refractivity contribution < 1.29 is 5.11 Å². The van der Waals surface area contributed by atoms with E-state index in [1.165, 1.54) is 5.56 Å². The van der Waals surface area contributed by atoms with Gasteiger partial charge in [-0.25, -0.2) is 4.68 Å². The molecule has 0 radical (unpaired) electrons. The summed E-state index contributed by atoms with van der Waals surface area (Å²) in [6.45, 7) is 8.08. The lowest BCUT2D eigenvalue weighted by molar-refractivity contribution is 0.147. The van der Waals surface area contributed by atoms with Gasteiger partial charge < -0.3 is 10.1 Å². The number of rotatable bonds is 12. The van der Waals surface area contributed by atoms with Crippen molar-refractivity contribution in [2.24, 2.45) is 0 Å². The van der Waals surface area contributed by atoms with Gasteiger partial charge in [-0.15, -0.1) is 5.10 Å². The van der Waals surface area contributed by atoms with E-state index in [1.807, 2.05) is 35.9 Å². The Hall–Kier alpha value is -3.36. The molecule has 0 amide bonds. The zero-order valence-electron chi connectivity index (χ0n) is 21.4. The van der Waals surface area contributed by atoms with E-state index in [9.17, 15) is 9.90 Å². The Bertz CT molecular complexity index is 1330. The first kappa shape index (κ1) is 25.7. The molecule has 4 rings (SSSR count). The third-order valence-electron chi connectivity index (χ3n) is 6.66. The van der Waals surface area contributed by atoms with Crippen LogP contribution in [0.5, 0.6) is 0 Å². The maximum Gasteiger partial charge on any atom is 0.252 e. The normalized spacial score (nSPS) is 12.5. The first-order chi connectivity index (χ1) is 17.5. The van der Waals surface area contributed by atoms with Crippen molar-refractivity contribution in [3.63, 3.8) is 0 Å². The molecular weight excluding hydrogens is 452 g/mol. The van der Waals surface area contributed by atoms with E-state index < -0.39 is 0 Å². The smallest absolute Gasteiger partial charge is 0.252 e. The SMILES string of the molecule is CCC[C@@H](c1nnnn1CCc1ccccc1)N(CCCO)Cc1cc2cc(C)cc(C)c2[nH]c1=O. The number of pyridine rings is 1. The molecule has 36 heavy (non-hydrogen) atoms. The number of H-pyrrole nitrogens is 1. The van der Waals surface area contributed by atoms with Crippen molar-refractivity contribution >= 4 is 10.9 Å². The number of nitrogens with one attached hydrogen (secondary N) is 1. The zero-order valence-corrected chi connectivity index (χ0v) is 21.4. The minimum atomic E-state index is -0.0811. The van der Waals surface area contributed by atoms with Crippen molar-refractivity contribution in [3.8, 4) is 0 Å². The molecule has 0 aliphatic heterocycles. The summed E-state index contributed by atoms with van der Waals surface area (Å²) in [5, 5.41) is 23.4. The molecule has 0 aliphatic carbocycles. The van der Waals surface area contributed by atoms with Gasteiger partial charge in [0.05, 0.1) is 11.6 Å². The van der Waals surface area contributed by atoms with E-state index in [1.54, 1.807) is 0 Å². The van der Waals surface area contributed by atoms with E-state index in [2.05, 4.69) is 63.5 Å². The van der Waals surface area contributed by atoms with Crippen molar-refractivity contribution in [1.82, 2.24) is 30.1 Å². The predicted molar refractivity (Wildman–Crippen MR) is 142 cm³/mol. The molecule has 8 heteroatoms. The highest BCUT2D eigenvalue weighted by atomic mass is 16.3. The summed E-state index contributed by atoms with van der Waals surface area (Å²) in [6, 6.07) is 16.4. The van der Waals surface area contributed by atoms with E-state index in [0.29, 0.717) is 31.6 Å². The molecule has 4 aromatic rings. The number of aromatic amines is 1. The zero-order chi connectivity index (χ0) is 25.5. The number of aryl methyl sites for hydroxylation is 4. The van der Waals surface area contributed by atoms with E-state index in [-0.39, 0.29) is 18.2 Å². The number of aliphatic hydroxyl groups is 1. The molecule has 2 heterocycles. The molecule has 0 spiro atoms. The summed E-state index contributed by atoms with van der Waals surface area (Å²) in [7, 11) is 0. The van der Waals surface area contributed by atoms with Crippen LogP contribution in [0.2, 0.25) is 0 Å². The van der Waals surface area contributed by atoms with Crippen LogP contribution in [-0.2, 0) is 19.5 Å². The first-order valence-electron chi connectivity index (χ1n) is 12.8. The maximum atomic E-state index is 13.1. The first-order valence-corrected chi connectivity index (χ1v) is 12.8. The third kappa shape index (κ3) is 6.06. The number of nitrogens with zero attached hydrogens (tertiary/aromatic N) is 5. The van der Waals surface area contributed by atoms with Gasteiger partial charge in [0.25, 0.3) is 5.56 Å². The van der Waals surface area contributed by atoms with Crippen LogP contribution in [0.1, 0.15) is 60.3 Å². The van der Waals surface area contributed by atoms with E-state index in [0.717, 1.165) is 47.1 Å². The molecule has 0 fully saturated rings. The lowest BCUT2D eigenvalue weighted by atomic mass is 10.0. The topological polar surface area (TPSA) is 99.9 Å². The average molecular weight is 489 g/mol. The van der Waals surface area contributed by atoms with Gasteiger partial charge in [0, 0.05) is 31.8 Å². The second kappa shape index (κ2) is 12.1. The molecular formula is C28H36N6O2.